The zero-order valence-corrected chi connectivity index (χ0v) is 10.5. The maximum atomic E-state index is 8.49. The van der Waals surface area contributed by atoms with Gasteiger partial charge >= 0.3 is 12.5 Å². The first-order chi connectivity index (χ1) is 7.95. The molecule has 0 fully saturated rings. The smallest absolute Gasteiger partial charge is 0.223 e. The number of halogens is 1. The van der Waals surface area contributed by atoms with Crippen LogP contribution >= 0.6 is 22.7 Å². The molecule has 0 radical (unpaired) electrons. The quantitative estimate of drug-likeness (QED) is 0.506. The minimum atomic E-state index is -4.94. The molecule has 90 valence electrons. The lowest BCUT2D eigenvalue weighted by Gasteiger charge is -2.17. The molecule has 8 heteroatoms. The van der Waals surface area contributed by atoms with Crippen LogP contribution in [0.15, 0.2) is 33.8 Å². The third kappa shape index (κ3) is 3.33. The van der Waals surface area contributed by atoms with E-state index in [0.717, 1.165) is 0 Å². The number of hydrogen-bond acceptors (Lipinski definition) is 6. The van der Waals surface area contributed by atoms with Crippen molar-refractivity contribution in [1.82, 2.24) is 0 Å². The normalized spacial score (nSPS) is 11.5. The number of rotatable bonds is 0. The first kappa shape index (κ1) is 12.7. The lowest BCUT2D eigenvalue weighted by Crippen LogP contribution is -2.68. The van der Waals surface area contributed by atoms with Gasteiger partial charge in [-0.2, -0.15) is 11.3 Å². The van der Waals surface area contributed by atoms with Crippen molar-refractivity contribution in [3.8, 4) is 0 Å². The lowest BCUT2D eigenvalue weighted by molar-refractivity contribution is -2.00. The van der Waals surface area contributed by atoms with Gasteiger partial charge in [-0.25, -0.2) is 23.1 Å². The summed E-state index contributed by atoms with van der Waals surface area (Å²) in [5.74, 6) is 0. The summed E-state index contributed by atoms with van der Waals surface area (Å²) >= 11 is 3.54. The highest BCUT2D eigenvalue weighted by atomic mass is 35.7. The lowest BCUT2D eigenvalue weighted by atomic mass is 10.3. The van der Waals surface area contributed by atoms with Crippen LogP contribution in [-0.2, 0) is 0 Å². The molecule has 0 bridgehead atoms. The van der Waals surface area contributed by atoms with Crippen LogP contribution in [0.3, 0.4) is 0 Å². The fraction of sp³-hybridized carbons (Fsp3) is 0. The molecule has 0 saturated heterocycles. The predicted octanol–water partition coefficient (Wildman–Crippen LogP) is -0.766. The molecule has 17 heavy (non-hydrogen) atoms. The van der Waals surface area contributed by atoms with Gasteiger partial charge in [-0.15, -0.1) is 21.6 Å². The van der Waals surface area contributed by atoms with Crippen LogP contribution < -0.4 is 18.6 Å². The highest BCUT2D eigenvalue weighted by Gasteiger charge is 2.08. The van der Waals surface area contributed by atoms with E-state index in [1.54, 1.807) is 28.9 Å². The third-order valence-electron chi connectivity index (χ3n) is 1.89. The van der Waals surface area contributed by atoms with Crippen LogP contribution in [0.2, 0.25) is 0 Å². The van der Waals surface area contributed by atoms with Crippen molar-refractivity contribution in [2.24, 2.45) is 0 Å². The average molecular weight is 293 g/mol. The molecule has 0 aromatic carbocycles. The molecule has 0 aliphatic carbocycles. The second kappa shape index (κ2) is 4.83. The van der Waals surface area contributed by atoms with Gasteiger partial charge in [0.25, 0.3) is 0 Å². The van der Waals surface area contributed by atoms with Gasteiger partial charge in [0.2, 0.25) is 0 Å². The van der Waals surface area contributed by atoms with Crippen molar-refractivity contribution in [1.29, 1.82) is 0 Å². The summed E-state index contributed by atoms with van der Waals surface area (Å²) in [5.41, 5.74) is 0. The zero-order chi connectivity index (χ0) is 12.5. The SMILES string of the molecule is [O-][Cl+3]([O-])([O-])[O-].c1cc2c(c[o+]1)sc1cscc12. The van der Waals surface area contributed by atoms with Gasteiger partial charge in [0, 0.05) is 32.3 Å². The topological polar surface area (TPSA) is 104 Å². The predicted molar refractivity (Wildman–Crippen MR) is 53.9 cm³/mol. The van der Waals surface area contributed by atoms with Gasteiger partial charge in [-0.3, -0.25) is 0 Å². The molecule has 3 heterocycles. The molecule has 0 aliphatic heterocycles. The van der Waals surface area contributed by atoms with E-state index in [-0.39, 0.29) is 0 Å². The standard InChI is InChI=1S/C9H5OS2.ClHO4/c1-2-10-3-8-6(1)7-4-11-5-9(7)12-8;2-1(3,4)5/h1-5H;(H,2,3,4,5)/q+1;/p-1. The number of fused-ring (bicyclic) bond motifs is 3. The van der Waals surface area contributed by atoms with Crippen molar-refractivity contribution in [2.45, 2.75) is 0 Å². The molecular weight excluding hydrogens is 288 g/mol. The van der Waals surface area contributed by atoms with Gasteiger partial charge < -0.3 is 0 Å². The molecule has 0 amide bonds. The Morgan fingerprint density at radius 3 is 2.41 bits per heavy atom. The van der Waals surface area contributed by atoms with Crippen LogP contribution in [0.1, 0.15) is 0 Å². The summed E-state index contributed by atoms with van der Waals surface area (Å²) in [5, 5.41) is 7.03. The van der Waals surface area contributed by atoms with Crippen LogP contribution in [0.25, 0.3) is 20.2 Å². The Labute approximate surface area is 106 Å². The summed E-state index contributed by atoms with van der Waals surface area (Å²) in [7, 11) is -4.94. The molecule has 5 nitrogen and oxygen atoms in total. The fourth-order valence-electron chi connectivity index (χ4n) is 1.33. The molecular formula is C9H5ClO5S2. The summed E-state index contributed by atoms with van der Waals surface area (Å²) in [6, 6.07) is 2.03. The summed E-state index contributed by atoms with van der Waals surface area (Å²) in [6.07, 6.45) is 3.54. The highest BCUT2D eigenvalue weighted by molar-refractivity contribution is 7.28. The van der Waals surface area contributed by atoms with Crippen LogP contribution in [0, 0.1) is 10.2 Å². The first-order valence-corrected chi connectivity index (χ1v) is 7.20. The Bertz CT molecular complexity index is 620. The minimum absolute atomic E-state index is 1.23. The summed E-state index contributed by atoms with van der Waals surface area (Å²) in [6.45, 7) is 0. The zero-order valence-electron chi connectivity index (χ0n) is 8.12. The summed E-state index contributed by atoms with van der Waals surface area (Å²) < 4.78 is 41.7. The molecule has 0 saturated carbocycles. The second-order valence-electron chi connectivity index (χ2n) is 2.96. The minimum Gasteiger partial charge on any atom is -0.223 e. The number of hydrogen-bond donors (Lipinski definition) is 0. The summed E-state index contributed by atoms with van der Waals surface area (Å²) in [4.78, 5) is 0. The van der Waals surface area contributed by atoms with E-state index in [0.29, 0.717) is 0 Å². The Kier molecular flexibility index (Phi) is 3.59. The highest BCUT2D eigenvalue weighted by Crippen LogP contribution is 2.35. The first-order valence-electron chi connectivity index (χ1n) is 4.21. The fourth-order valence-corrected chi connectivity index (χ4v) is 3.38. The van der Waals surface area contributed by atoms with Crippen molar-refractivity contribution < 1.29 is 33.3 Å². The van der Waals surface area contributed by atoms with Crippen LogP contribution in [0.5, 0.6) is 0 Å². The second-order valence-corrected chi connectivity index (χ2v) is 5.55. The van der Waals surface area contributed by atoms with Gasteiger partial charge in [-0.1, -0.05) is 0 Å². The Balaban J connectivity index is 0.000000188. The third-order valence-corrected chi connectivity index (χ3v) is 3.88. The maximum absolute atomic E-state index is 8.49. The van der Waals surface area contributed by atoms with E-state index >= 15 is 0 Å². The van der Waals surface area contributed by atoms with E-state index in [9.17, 15) is 0 Å². The van der Waals surface area contributed by atoms with Gasteiger partial charge in [0.15, 0.2) is 0 Å². The van der Waals surface area contributed by atoms with Gasteiger partial charge in [0.1, 0.15) is 4.70 Å². The largest absolute Gasteiger partial charge is 0.335 e. The molecule has 0 aliphatic rings. The van der Waals surface area contributed by atoms with Crippen LogP contribution in [-0.4, -0.2) is 0 Å². The molecule has 3 rings (SSSR count). The molecule has 0 unspecified atom stereocenters. The van der Waals surface area contributed by atoms with Crippen molar-refractivity contribution in [3.63, 3.8) is 0 Å². The van der Waals surface area contributed by atoms with Crippen molar-refractivity contribution >= 4 is 42.8 Å². The molecule has 3 aromatic heterocycles. The van der Waals surface area contributed by atoms with E-state index in [1.165, 1.54) is 20.2 Å². The molecule has 0 atom stereocenters. The maximum Gasteiger partial charge on any atom is 0.335 e. The van der Waals surface area contributed by atoms with E-state index in [4.69, 9.17) is 23.1 Å². The molecule has 3 aromatic rings. The van der Waals surface area contributed by atoms with E-state index in [1.807, 2.05) is 12.3 Å². The Hall–Kier alpha value is -0.800. The average Bonchev–Trinajstić information content (AvgIpc) is 2.73. The van der Waals surface area contributed by atoms with E-state index < -0.39 is 10.2 Å². The number of thiophene rings is 2. The molecule has 0 spiro atoms. The molecule has 0 N–H and O–H groups in total. The van der Waals surface area contributed by atoms with Crippen LogP contribution in [0.4, 0.5) is 0 Å². The Morgan fingerprint density at radius 1 is 1.00 bits per heavy atom. The van der Waals surface area contributed by atoms with Crippen molar-refractivity contribution in [2.75, 3.05) is 0 Å². The van der Waals surface area contributed by atoms with Crippen molar-refractivity contribution in [3.05, 3.63) is 29.4 Å². The van der Waals surface area contributed by atoms with E-state index in [2.05, 4.69) is 10.8 Å². The van der Waals surface area contributed by atoms with Gasteiger partial charge in [-0.05, 0) is 0 Å². The van der Waals surface area contributed by atoms with Gasteiger partial charge in [0.05, 0.1) is 0 Å². The Morgan fingerprint density at radius 2 is 1.71 bits per heavy atom. The monoisotopic (exact) mass is 292 g/mol.